The second-order valence-corrected chi connectivity index (χ2v) is 5.03. The van der Waals surface area contributed by atoms with Gasteiger partial charge in [0, 0.05) is 6.42 Å². The van der Waals surface area contributed by atoms with Crippen molar-refractivity contribution in [2.75, 3.05) is 7.11 Å². The first-order chi connectivity index (χ1) is 8.63. The normalized spacial score (nSPS) is 10.7. The molecule has 0 radical (unpaired) electrons. The first-order valence-electron chi connectivity index (χ1n) is 6.79. The van der Waals surface area contributed by atoms with Gasteiger partial charge < -0.3 is 4.74 Å². The van der Waals surface area contributed by atoms with Crippen LogP contribution in [0.2, 0.25) is 0 Å². The van der Waals surface area contributed by atoms with Gasteiger partial charge >= 0.3 is 5.97 Å². The van der Waals surface area contributed by atoms with Gasteiger partial charge in [0.05, 0.1) is 7.11 Å². The molecule has 2 nitrogen and oxygen atoms in total. The summed E-state index contributed by atoms with van der Waals surface area (Å²) in [6, 6.07) is 8.87. The average molecular weight is 248 g/mol. The van der Waals surface area contributed by atoms with E-state index >= 15 is 0 Å². The third-order valence-electron chi connectivity index (χ3n) is 3.22. The molecule has 0 spiro atoms. The van der Waals surface area contributed by atoms with Crippen molar-refractivity contribution in [3.63, 3.8) is 0 Å². The van der Waals surface area contributed by atoms with Crippen molar-refractivity contribution in [3.8, 4) is 0 Å². The van der Waals surface area contributed by atoms with Crippen LogP contribution in [-0.2, 0) is 16.0 Å². The molecule has 0 saturated heterocycles. The Balaban J connectivity index is 2.21. The van der Waals surface area contributed by atoms with Crippen molar-refractivity contribution in [2.24, 2.45) is 0 Å². The first-order valence-corrected chi connectivity index (χ1v) is 6.79. The van der Waals surface area contributed by atoms with Crippen LogP contribution >= 0.6 is 0 Å². The van der Waals surface area contributed by atoms with E-state index in [1.807, 2.05) is 0 Å². The van der Waals surface area contributed by atoms with Crippen molar-refractivity contribution in [3.05, 3.63) is 35.4 Å². The predicted octanol–water partition coefficient (Wildman–Crippen LogP) is 4.09. The molecular formula is C16H24O2. The maximum atomic E-state index is 10.9. The zero-order valence-electron chi connectivity index (χ0n) is 11.7. The molecule has 18 heavy (non-hydrogen) atoms. The van der Waals surface area contributed by atoms with E-state index < -0.39 is 0 Å². The topological polar surface area (TPSA) is 26.3 Å². The van der Waals surface area contributed by atoms with Crippen LogP contribution in [0.1, 0.15) is 56.6 Å². The molecule has 1 rings (SSSR count). The Morgan fingerprint density at radius 3 is 2.33 bits per heavy atom. The highest BCUT2D eigenvalue weighted by atomic mass is 16.5. The highest BCUT2D eigenvalue weighted by molar-refractivity contribution is 5.68. The summed E-state index contributed by atoms with van der Waals surface area (Å²) < 4.78 is 4.61. The molecule has 0 unspecified atom stereocenters. The Bertz CT molecular complexity index is 352. The molecule has 0 aliphatic rings. The molecule has 0 N–H and O–H groups in total. The van der Waals surface area contributed by atoms with Gasteiger partial charge in [0.15, 0.2) is 0 Å². The van der Waals surface area contributed by atoms with Crippen molar-refractivity contribution in [1.82, 2.24) is 0 Å². The number of benzene rings is 1. The lowest BCUT2D eigenvalue weighted by Gasteiger charge is -2.06. The van der Waals surface area contributed by atoms with Gasteiger partial charge in [-0.2, -0.15) is 0 Å². The third kappa shape index (κ3) is 5.35. The molecule has 1 aromatic carbocycles. The molecule has 0 saturated carbocycles. The van der Waals surface area contributed by atoms with E-state index in [1.54, 1.807) is 0 Å². The zero-order chi connectivity index (χ0) is 13.4. The molecule has 2 heteroatoms. The van der Waals surface area contributed by atoms with Crippen molar-refractivity contribution >= 4 is 5.97 Å². The van der Waals surface area contributed by atoms with Crippen molar-refractivity contribution in [1.29, 1.82) is 0 Å². The average Bonchev–Trinajstić information content (AvgIpc) is 2.38. The van der Waals surface area contributed by atoms with Crippen LogP contribution in [0.25, 0.3) is 0 Å². The molecule has 0 bridgehead atoms. The highest BCUT2D eigenvalue weighted by Gasteiger charge is 2.01. The van der Waals surface area contributed by atoms with Gasteiger partial charge in [0.1, 0.15) is 0 Å². The summed E-state index contributed by atoms with van der Waals surface area (Å²) in [6.07, 6.45) is 4.79. The number of rotatable bonds is 7. The van der Waals surface area contributed by atoms with Gasteiger partial charge in [0.25, 0.3) is 0 Å². The summed E-state index contributed by atoms with van der Waals surface area (Å²) in [5, 5.41) is 0. The van der Waals surface area contributed by atoms with E-state index in [1.165, 1.54) is 18.2 Å². The number of carbonyl (C=O) groups is 1. The number of aryl methyl sites for hydroxylation is 1. The molecule has 0 aromatic heterocycles. The minimum atomic E-state index is -0.101. The Morgan fingerprint density at radius 2 is 1.78 bits per heavy atom. The van der Waals surface area contributed by atoms with Gasteiger partial charge in [-0.05, 0) is 36.3 Å². The van der Waals surface area contributed by atoms with E-state index in [9.17, 15) is 4.79 Å². The SMILES string of the molecule is COC(=O)CCCCCc1ccc(C(C)C)cc1. The molecule has 0 aliphatic heterocycles. The second-order valence-electron chi connectivity index (χ2n) is 5.03. The monoisotopic (exact) mass is 248 g/mol. The third-order valence-corrected chi connectivity index (χ3v) is 3.22. The highest BCUT2D eigenvalue weighted by Crippen LogP contribution is 2.16. The zero-order valence-corrected chi connectivity index (χ0v) is 11.7. The fraction of sp³-hybridized carbons (Fsp3) is 0.562. The summed E-state index contributed by atoms with van der Waals surface area (Å²) in [6.45, 7) is 4.42. The van der Waals surface area contributed by atoms with E-state index in [-0.39, 0.29) is 5.97 Å². The Hall–Kier alpha value is -1.31. The Labute approximate surface area is 110 Å². The number of ether oxygens (including phenoxy) is 1. The van der Waals surface area contributed by atoms with Crippen LogP contribution in [0, 0.1) is 0 Å². The van der Waals surface area contributed by atoms with Gasteiger partial charge in [-0.25, -0.2) is 0 Å². The maximum Gasteiger partial charge on any atom is 0.305 e. The quantitative estimate of drug-likeness (QED) is 0.536. The minimum absolute atomic E-state index is 0.101. The Morgan fingerprint density at radius 1 is 1.11 bits per heavy atom. The molecule has 0 fully saturated rings. The number of hydrogen-bond donors (Lipinski definition) is 0. The van der Waals surface area contributed by atoms with Gasteiger partial charge in [0.2, 0.25) is 0 Å². The van der Waals surface area contributed by atoms with Crippen LogP contribution in [0.3, 0.4) is 0 Å². The lowest BCUT2D eigenvalue weighted by molar-refractivity contribution is -0.140. The number of hydrogen-bond acceptors (Lipinski definition) is 2. The lowest BCUT2D eigenvalue weighted by Crippen LogP contribution is -1.99. The van der Waals surface area contributed by atoms with E-state index in [0.29, 0.717) is 12.3 Å². The first kappa shape index (κ1) is 14.7. The number of methoxy groups -OCH3 is 1. The van der Waals surface area contributed by atoms with Crippen LogP contribution in [0.15, 0.2) is 24.3 Å². The van der Waals surface area contributed by atoms with Crippen LogP contribution in [0.4, 0.5) is 0 Å². The van der Waals surface area contributed by atoms with Crippen molar-refractivity contribution in [2.45, 2.75) is 51.9 Å². The van der Waals surface area contributed by atoms with E-state index in [2.05, 4.69) is 42.8 Å². The van der Waals surface area contributed by atoms with Gasteiger partial charge in [-0.3, -0.25) is 4.79 Å². The molecule has 0 atom stereocenters. The fourth-order valence-corrected chi connectivity index (χ4v) is 1.95. The standard InChI is InChI=1S/C16H24O2/c1-13(2)15-11-9-14(10-12-15)7-5-4-6-8-16(17)18-3/h9-13H,4-8H2,1-3H3. The summed E-state index contributed by atoms with van der Waals surface area (Å²) in [5.41, 5.74) is 2.78. The predicted molar refractivity (Wildman–Crippen MR) is 74.7 cm³/mol. The lowest BCUT2D eigenvalue weighted by atomic mass is 9.99. The smallest absolute Gasteiger partial charge is 0.305 e. The van der Waals surface area contributed by atoms with E-state index in [0.717, 1.165) is 25.7 Å². The maximum absolute atomic E-state index is 10.9. The summed E-state index contributed by atoms with van der Waals surface area (Å²) in [4.78, 5) is 10.9. The van der Waals surface area contributed by atoms with Crippen LogP contribution in [-0.4, -0.2) is 13.1 Å². The summed E-state index contributed by atoms with van der Waals surface area (Å²) >= 11 is 0. The van der Waals surface area contributed by atoms with Crippen LogP contribution < -0.4 is 0 Å². The van der Waals surface area contributed by atoms with Gasteiger partial charge in [-0.15, -0.1) is 0 Å². The number of esters is 1. The molecule has 100 valence electrons. The van der Waals surface area contributed by atoms with Crippen LogP contribution in [0.5, 0.6) is 0 Å². The molecule has 0 aliphatic carbocycles. The van der Waals surface area contributed by atoms with Crippen molar-refractivity contribution < 1.29 is 9.53 Å². The number of unbranched alkanes of at least 4 members (excludes halogenated alkanes) is 2. The fourth-order valence-electron chi connectivity index (χ4n) is 1.95. The van der Waals surface area contributed by atoms with E-state index in [4.69, 9.17) is 0 Å². The summed E-state index contributed by atoms with van der Waals surface area (Å²) in [7, 11) is 1.44. The minimum Gasteiger partial charge on any atom is -0.469 e. The molecule has 0 heterocycles. The molecular weight excluding hydrogens is 224 g/mol. The largest absolute Gasteiger partial charge is 0.469 e. The Kier molecular flexibility index (Phi) is 6.48. The van der Waals surface area contributed by atoms with Gasteiger partial charge in [-0.1, -0.05) is 44.5 Å². The number of carbonyl (C=O) groups excluding carboxylic acids is 1. The summed E-state index contributed by atoms with van der Waals surface area (Å²) in [5.74, 6) is 0.496. The molecule has 1 aromatic rings. The molecule has 0 amide bonds. The second kappa shape index (κ2) is 7.91.